The van der Waals surface area contributed by atoms with E-state index in [9.17, 15) is 4.79 Å². The molecule has 2 N–H and O–H groups in total. The summed E-state index contributed by atoms with van der Waals surface area (Å²) < 4.78 is 0. The van der Waals surface area contributed by atoms with E-state index in [4.69, 9.17) is 5.73 Å². The number of aryl methyl sites for hydroxylation is 1. The Labute approximate surface area is 132 Å². The van der Waals surface area contributed by atoms with Crippen LogP contribution in [0.25, 0.3) is 0 Å². The molecule has 1 fully saturated rings. The molecule has 0 bridgehead atoms. The number of likely N-dealkylation sites (tertiary alicyclic amines) is 1. The largest absolute Gasteiger partial charge is 0.338 e. The quantitative estimate of drug-likeness (QED) is 0.910. The van der Waals surface area contributed by atoms with Gasteiger partial charge in [-0.25, -0.2) is 0 Å². The van der Waals surface area contributed by atoms with Crippen molar-refractivity contribution in [1.29, 1.82) is 0 Å². The van der Waals surface area contributed by atoms with Gasteiger partial charge in [-0.05, 0) is 44.7 Å². The smallest absolute Gasteiger partial charge is 0.255 e. The first-order chi connectivity index (χ1) is 8.58. The Bertz CT molecular complexity index is 423. The van der Waals surface area contributed by atoms with E-state index in [-0.39, 0.29) is 36.8 Å². The third kappa shape index (κ3) is 4.62. The third-order valence-corrected chi connectivity index (χ3v) is 3.65. The molecule has 2 heterocycles. The lowest BCUT2D eigenvalue weighted by Crippen LogP contribution is -2.45. The number of carbonyl (C=O) groups excluding carboxylic acids is 1. The van der Waals surface area contributed by atoms with Crippen molar-refractivity contribution >= 4 is 30.7 Å². The van der Waals surface area contributed by atoms with Crippen LogP contribution in [0.5, 0.6) is 0 Å². The maximum atomic E-state index is 12.3. The SMILES string of the molecule is Cc1ccc(C(=O)N2CCCC(C(C)N)C2)cn1.Cl.Cl. The maximum Gasteiger partial charge on any atom is 0.255 e. The van der Waals surface area contributed by atoms with Gasteiger partial charge in [0.05, 0.1) is 5.56 Å². The minimum absolute atomic E-state index is 0. The molecule has 1 saturated heterocycles. The van der Waals surface area contributed by atoms with Crippen molar-refractivity contribution in [2.75, 3.05) is 13.1 Å². The summed E-state index contributed by atoms with van der Waals surface area (Å²) in [4.78, 5) is 18.4. The van der Waals surface area contributed by atoms with Crippen LogP contribution in [-0.2, 0) is 0 Å². The Balaban J connectivity index is 0.00000180. The molecule has 1 aromatic rings. The predicted molar refractivity (Wildman–Crippen MR) is 85.7 cm³/mol. The lowest BCUT2D eigenvalue weighted by Gasteiger charge is -2.34. The zero-order chi connectivity index (χ0) is 13.1. The average molecular weight is 320 g/mol. The molecule has 2 unspecified atom stereocenters. The summed E-state index contributed by atoms with van der Waals surface area (Å²) in [5.74, 6) is 0.494. The van der Waals surface area contributed by atoms with Crippen molar-refractivity contribution in [3.63, 3.8) is 0 Å². The van der Waals surface area contributed by atoms with Gasteiger partial charge in [0.1, 0.15) is 0 Å². The van der Waals surface area contributed by atoms with E-state index in [0.29, 0.717) is 11.5 Å². The fourth-order valence-corrected chi connectivity index (χ4v) is 2.40. The first-order valence-electron chi connectivity index (χ1n) is 6.55. The van der Waals surface area contributed by atoms with E-state index in [0.717, 1.165) is 31.6 Å². The molecule has 114 valence electrons. The number of rotatable bonds is 2. The normalized spacial score (nSPS) is 19.6. The van der Waals surface area contributed by atoms with Gasteiger partial charge in [0.25, 0.3) is 5.91 Å². The highest BCUT2D eigenvalue weighted by atomic mass is 35.5. The highest BCUT2D eigenvalue weighted by molar-refractivity contribution is 5.94. The molecule has 1 aromatic heterocycles. The topological polar surface area (TPSA) is 59.2 Å². The Kier molecular flexibility index (Phi) is 8.09. The van der Waals surface area contributed by atoms with Crippen molar-refractivity contribution < 1.29 is 4.79 Å². The Hall–Kier alpha value is -0.840. The van der Waals surface area contributed by atoms with Gasteiger partial charge in [-0.2, -0.15) is 0 Å². The molecule has 0 aliphatic carbocycles. The summed E-state index contributed by atoms with van der Waals surface area (Å²) in [6, 6.07) is 3.87. The monoisotopic (exact) mass is 319 g/mol. The third-order valence-electron chi connectivity index (χ3n) is 3.65. The Morgan fingerprint density at radius 3 is 2.70 bits per heavy atom. The van der Waals surface area contributed by atoms with Crippen molar-refractivity contribution in [3.8, 4) is 0 Å². The standard InChI is InChI=1S/C14H21N3O.2ClH/c1-10-5-6-12(8-16-10)14(18)17-7-3-4-13(9-17)11(2)15;;/h5-6,8,11,13H,3-4,7,9,15H2,1-2H3;2*1H. The van der Waals surface area contributed by atoms with Gasteiger partial charge in [-0.1, -0.05) is 0 Å². The van der Waals surface area contributed by atoms with Crippen LogP contribution in [0.1, 0.15) is 35.8 Å². The molecule has 0 aromatic carbocycles. The maximum absolute atomic E-state index is 12.3. The van der Waals surface area contributed by atoms with Crippen LogP contribution in [0, 0.1) is 12.8 Å². The van der Waals surface area contributed by atoms with E-state index >= 15 is 0 Å². The number of nitrogens with zero attached hydrogens (tertiary/aromatic N) is 2. The van der Waals surface area contributed by atoms with Crippen molar-refractivity contribution in [2.45, 2.75) is 32.7 Å². The van der Waals surface area contributed by atoms with Crippen LogP contribution >= 0.6 is 24.8 Å². The van der Waals surface area contributed by atoms with Crippen molar-refractivity contribution in [1.82, 2.24) is 9.88 Å². The van der Waals surface area contributed by atoms with Crippen LogP contribution in [0.3, 0.4) is 0 Å². The van der Waals surface area contributed by atoms with Gasteiger partial charge in [0.15, 0.2) is 0 Å². The molecule has 2 atom stereocenters. The number of piperidine rings is 1. The average Bonchev–Trinajstić information content (AvgIpc) is 2.39. The summed E-state index contributed by atoms with van der Waals surface area (Å²) in [6.45, 7) is 5.54. The fourth-order valence-electron chi connectivity index (χ4n) is 2.40. The number of hydrogen-bond acceptors (Lipinski definition) is 3. The molecule has 6 heteroatoms. The number of amides is 1. The van der Waals surface area contributed by atoms with E-state index in [2.05, 4.69) is 4.98 Å². The van der Waals surface area contributed by atoms with Crippen molar-refractivity contribution in [3.05, 3.63) is 29.6 Å². The van der Waals surface area contributed by atoms with Crippen LogP contribution in [0.2, 0.25) is 0 Å². The summed E-state index contributed by atoms with van der Waals surface area (Å²) in [5.41, 5.74) is 7.54. The van der Waals surface area contributed by atoms with E-state index < -0.39 is 0 Å². The van der Waals surface area contributed by atoms with Gasteiger partial charge in [-0.15, -0.1) is 24.8 Å². The summed E-state index contributed by atoms with van der Waals surface area (Å²) >= 11 is 0. The second-order valence-corrected chi connectivity index (χ2v) is 5.20. The van der Waals surface area contributed by atoms with Crippen LogP contribution in [0.4, 0.5) is 0 Å². The van der Waals surface area contributed by atoms with Crippen LogP contribution < -0.4 is 5.73 Å². The molecule has 1 aliphatic rings. The lowest BCUT2D eigenvalue weighted by molar-refractivity contribution is 0.0660. The van der Waals surface area contributed by atoms with Gasteiger partial charge in [-0.3, -0.25) is 9.78 Å². The van der Waals surface area contributed by atoms with E-state index in [1.54, 1.807) is 6.20 Å². The zero-order valence-electron chi connectivity index (χ0n) is 11.9. The second-order valence-electron chi connectivity index (χ2n) is 5.20. The van der Waals surface area contributed by atoms with Crippen molar-refractivity contribution in [2.24, 2.45) is 11.7 Å². The number of aromatic nitrogens is 1. The zero-order valence-corrected chi connectivity index (χ0v) is 13.5. The highest BCUT2D eigenvalue weighted by Gasteiger charge is 2.26. The van der Waals surface area contributed by atoms with E-state index in [1.165, 1.54) is 0 Å². The summed E-state index contributed by atoms with van der Waals surface area (Å²) in [5, 5.41) is 0. The molecule has 0 spiro atoms. The molecule has 0 radical (unpaired) electrons. The van der Waals surface area contributed by atoms with E-state index in [1.807, 2.05) is 30.9 Å². The lowest BCUT2D eigenvalue weighted by atomic mass is 9.92. The Morgan fingerprint density at radius 1 is 1.45 bits per heavy atom. The first kappa shape index (κ1) is 19.2. The van der Waals surface area contributed by atoms with Gasteiger partial charge in [0.2, 0.25) is 0 Å². The number of carbonyl (C=O) groups is 1. The van der Waals surface area contributed by atoms with Gasteiger partial charge >= 0.3 is 0 Å². The van der Waals surface area contributed by atoms with Crippen LogP contribution in [0.15, 0.2) is 18.3 Å². The molecule has 1 aliphatic heterocycles. The molecular formula is C14H23Cl2N3O. The first-order valence-corrected chi connectivity index (χ1v) is 6.55. The molecular weight excluding hydrogens is 297 g/mol. The summed E-state index contributed by atoms with van der Waals surface area (Å²) in [6.07, 6.45) is 3.82. The second kappa shape index (κ2) is 8.45. The number of nitrogens with two attached hydrogens (primary N) is 1. The molecule has 2 rings (SSSR count). The predicted octanol–water partition coefficient (Wildman–Crippen LogP) is 2.43. The van der Waals surface area contributed by atoms with Crippen LogP contribution in [-0.4, -0.2) is 34.9 Å². The van der Waals surface area contributed by atoms with Gasteiger partial charge in [0, 0.05) is 31.0 Å². The molecule has 0 saturated carbocycles. The minimum Gasteiger partial charge on any atom is -0.338 e. The number of halogens is 2. The van der Waals surface area contributed by atoms with Gasteiger partial charge < -0.3 is 10.6 Å². The fraction of sp³-hybridized carbons (Fsp3) is 0.571. The Morgan fingerprint density at radius 2 is 2.15 bits per heavy atom. The number of pyridine rings is 1. The molecule has 4 nitrogen and oxygen atoms in total. The highest BCUT2D eigenvalue weighted by Crippen LogP contribution is 2.20. The number of hydrogen-bond donors (Lipinski definition) is 1. The molecule has 20 heavy (non-hydrogen) atoms. The summed E-state index contributed by atoms with van der Waals surface area (Å²) in [7, 11) is 0. The molecule has 1 amide bonds. The minimum atomic E-state index is 0.